The second-order valence-electron chi connectivity index (χ2n) is 4.64. The zero-order chi connectivity index (χ0) is 14.3. The first-order valence-corrected chi connectivity index (χ1v) is 9.19. The third-order valence-electron chi connectivity index (χ3n) is 3.12. The van der Waals surface area contributed by atoms with Crippen LogP contribution in [-0.2, 0) is 10.0 Å². The van der Waals surface area contributed by atoms with Crippen molar-refractivity contribution in [2.24, 2.45) is 0 Å². The molecule has 1 aromatic carbocycles. The van der Waals surface area contributed by atoms with E-state index in [9.17, 15) is 12.8 Å². The third-order valence-corrected chi connectivity index (χ3v) is 6.61. The molecule has 0 bridgehead atoms. The molecule has 0 saturated heterocycles. The Labute approximate surface area is 129 Å². The molecule has 20 heavy (non-hydrogen) atoms. The minimum atomic E-state index is -3.74. The van der Waals surface area contributed by atoms with Crippen molar-refractivity contribution in [3.63, 3.8) is 0 Å². The molecule has 0 radical (unpaired) electrons. The van der Waals surface area contributed by atoms with Crippen molar-refractivity contribution >= 4 is 43.0 Å². The van der Waals surface area contributed by atoms with Crippen molar-refractivity contribution in [3.05, 3.63) is 45.5 Å². The zero-order valence-corrected chi connectivity index (χ0v) is 13.5. The SMILES string of the molecule is O=S(=O)(Nc1cccc(Br)c1F)c1sccc1C1CC1. The summed E-state index contributed by atoms with van der Waals surface area (Å²) in [5.41, 5.74) is 0.799. The number of rotatable bonds is 4. The number of benzene rings is 1. The smallest absolute Gasteiger partial charge is 0.271 e. The zero-order valence-electron chi connectivity index (χ0n) is 10.3. The maximum absolute atomic E-state index is 13.9. The van der Waals surface area contributed by atoms with Gasteiger partial charge in [-0.2, -0.15) is 0 Å². The lowest BCUT2D eigenvalue weighted by atomic mass is 10.2. The topological polar surface area (TPSA) is 46.2 Å². The van der Waals surface area contributed by atoms with Crippen LogP contribution in [0.5, 0.6) is 0 Å². The number of anilines is 1. The van der Waals surface area contributed by atoms with Gasteiger partial charge in [-0.05, 0) is 63.8 Å². The number of thiophene rings is 1. The number of nitrogens with one attached hydrogen (secondary N) is 1. The Hall–Kier alpha value is -0.920. The Morgan fingerprint density at radius 2 is 2.05 bits per heavy atom. The van der Waals surface area contributed by atoms with Crippen LogP contribution in [0.1, 0.15) is 24.3 Å². The van der Waals surface area contributed by atoms with E-state index < -0.39 is 15.8 Å². The molecule has 2 aromatic rings. The van der Waals surface area contributed by atoms with Crippen LogP contribution in [0.25, 0.3) is 0 Å². The molecule has 1 fully saturated rings. The van der Waals surface area contributed by atoms with E-state index >= 15 is 0 Å². The van der Waals surface area contributed by atoms with Crippen LogP contribution in [0.3, 0.4) is 0 Å². The van der Waals surface area contributed by atoms with Gasteiger partial charge >= 0.3 is 0 Å². The molecule has 3 rings (SSSR count). The average molecular weight is 376 g/mol. The van der Waals surface area contributed by atoms with Crippen LogP contribution in [0, 0.1) is 5.82 Å². The Morgan fingerprint density at radius 1 is 1.30 bits per heavy atom. The van der Waals surface area contributed by atoms with Gasteiger partial charge in [0.2, 0.25) is 0 Å². The first kappa shape index (κ1) is 14.0. The van der Waals surface area contributed by atoms with Crippen LogP contribution in [0.15, 0.2) is 38.3 Å². The summed E-state index contributed by atoms with van der Waals surface area (Å²) in [4.78, 5) is 0. The van der Waals surface area contributed by atoms with Gasteiger partial charge in [0, 0.05) is 0 Å². The third kappa shape index (κ3) is 2.62. The second kappa shape index (κ2) is 5.13. The molecule has 1 aliphatic rings. The Bertz CT molecular complexity index is 753. The number of hydrogen-bond donors (Lipinski definition) is 1. The number of halogens is 2. The van der Waals surface area contributed by atoms with Gasteiger partial charge in [-0.1, -0.05) is 6.07 Å². The second-order valence-corrected chi connectivity index (χ2v) is 8.29. The van der Waals surface area contributed by atoms with Gasteiger partial charge in [0.05, 0.1) is 10.2 Å². The van der Waals surface area contributed by atoms with E-state index in [-0.39, 0.29) is 10.2 Å². The lowest BCUT2D eigenvalue weighted by molar-refractivity contribution is 0.599. The fraction of sp³-hybridized carbons (Fsp3) is 0.231. The standard InChI is InChI=1S/C13H11BrFNO2S2/c14-10-2-1-3-11(12(10)15)16-20(17,18)13-9(6-7-19-13)8-4-5-8/h1-3,6-8,16H,4-5H2. The summed E-state index contributed by atoms with van der Waals surface area (Å²) < 4.78 is 41.5. The normalized spacial score (nSPS) is 15.3. The summed E-state index contributed by atoms with van der Waals surface area (Å²) in [6, 6.07) is 6.35. The molecule has 1 aliphatic carbocycles. The Morgan fingerprint density at radius 3 is 2.75 bits per heavy atom. The van der Waals surface area contributed by atoms with Crippen LogP contribution < -0.4 is 4.72 Å². The predicted octanol–water partition coefficient (Wildman–Crippen LogP) is 4.33. The maximum Gasteiger partial charge on any atom is 0.271 e. The van der Waals surface area contributed by atoms with E-state index in [2.05, 4.69) is 20.7 Å². The molecular weight excluding hydrogens is 365 g/mol. The van der Waals surface area contributed by atoms with E-state index in [0.29, 0.717) is 10.1 Å². The fourth-order valence-corrected chi connectivity index (χ4v) is 4.95. The van der Waals surface area contributed by atoms with Crippen molar-refractivity contribution in [3.8, 4) is 0 Å². The summed E-state index contributed by atoms with van der Waals surface area (Å²) in [6.45, 7) is 0. The molecule has 0 amide bonds. The first-order chi connectivity index (χ1) is 9.49. The lowest BCUT2D eigenvalue weighted by Crippen LogP contribution is -2.14. The Kier molecular flexibility index (Phi) is 3.60. The van der Waals surface area contributed by atoms with E-state index in [1.165, 1.54) is 23.5 Å². The maximum atomic E-state index is 13.9. The molecule has 1 aromatic heterocycles. The van der Waals surface area contributed by atoms with E-state index in [0.717, 1.165) is 18.4 Å². The van der Waals surface area contributed by atoms with Gasteiger partial charge in [0.15, 0.2) is 5.82 Å². The van der Waals surface area contributed by atoms with Gasteiger partial charge in [0.25, 0.3) is 10.0 Å². The van der Waals surface area contributed by atoms with Crippen molar-refractivity contribution in [2.45, 2.75) is 23.0 Å². The van der Waals surface area contributed by atoms with Crippen molar-refractivity contribution < 1.29 is 12.8 Å². The first-order valence-electron chi connectivity index (χ1n) is 6.03. The van der Waals surface area contributed by atoms with Crippen molar-refractivity contribution in [1.29, 1.82) is 0 Å². The molecule has 0 aliphatic heterocycles. The highest BCUT2D eigenvalue weighted by molar-refractivity contribution is 9.10. The molecular formula is C13H11BrFNO2S2. The van der Waals surface area contributed by atoms with Crippen LogP contribution in [-0.4, -0.2) is 8.42 Å². The average Bonchev–Trinajstić information content (AvgIpc) is 3.11. The largest absolute Gasteiger partial charge is 0.276 e. The summed E-state index contributed by atoms with van der Waals surface area (Å²) in [5, 5.41) is 1.76. The molecule has 0 unspecified atom stereocenters. The van der Waals surface area contributed by atoms with Crippen LogP contribution in [0.2, 0.25) is 0 Å². The predicted molar refractivity (Wildman–Crippen MR) is 81.2 cm³/mol. The van der Waals surface area contributed by atoms with Crippen LogP contribution >= 0.6 is 27.3 Å². The highest BCUT2D eigenvalue weighted by Gasteiger charge is 2.31. The highest BCUT2D eigenvalue weighted by Crippen LogP contribution is 2.45. The minimum Gasteiger partial charge on any atom is -0.276 e. The molecule has 1 N–H and O–H groups in total. The molecule has 1 heterocycles. The van der Waals surface area contributed by atoms with Crippen molar-refractivity contribution in [1.82, 2.24) is 0 Å². The fourth-order valence-electron chi connectivity index (χ4n) is 1.99. The summed E-state index contributed by atoms with van der Waals surface area (Å²) in [6.07, 6.45) is 2.04. The summed E-state index contributed by atoms with van der Waals surface area (Å²) >= 11 is 4.21. The van der Waals surface area contributed by atoms with Gasteiger partial charge in [-0.25, -0.2) is 12.8 Å². The van der Waals surface area contributed by atoms with E-state index in [1.807, 2.05) is 6.07 Å². The van der Waals surface area contributed by atoms with Crippen LogP contribution in [0.4, 0.5) is 10.1 Å². The van der Waals surface area contributed by atoms with Crippen molar-refractivity contribution in [2.75, 3.05) is 4.72 Å². The van der Waals surface area contributed by atoms with Gasteiger partial charge < -0.3 is 0 Å². The quantitative estimate of drug-likeness (QED) is 0.864. The number of sulfonamides is 1. The van der Waals surface area contributed by atoms with Gasteiger partial charge in [-0.15, -0.1) is 11.3 Å². The van der Waals surface area contributed by atoms with E-state index in [4.69, 9.17) is 0 Å². The molecule has 1 saturated carbocycles. The summed E-state index contributed by atoms with van der Waals surface area (Å²) in [7, 11) is -3.74. The molecule has 0 atom stereocenters. The monoisotopic (exact) mass is 375 g/mol. The highest BCUT2D eigenvalue weighted by atomic mass is 79.9. The molecule has 3 nitrogen and oxygen atoms in total. The summed E-state index contributed by atoms with van der Waals surface area (Å²) in [5.74, 6) is -0.277. The number of hydrogen-bond acceptors (Lipinski definition) is 3. The Balaban J connectivity index is 1.96. The minimum absolute atomic E-state index is 0.0467. The van der Waals surface area contributed by atoms with Gasteiger partial charge in [-0.3, -0.25) is 4.72 Å². The molecule has 7 heteroatoms. The van der Waals surface area contributed by atoms with E-state index in [1.54, 1.807) is 11.4 Å². The van der Waals surface area contributed by atoms with Gasteiger partial charge in [0.1, 0.15) is 4.21 Å². The molecule has 106 valence electrons. The lowest BCUT2D eigenvalue weighted by Gasteiger charge is -2.09. The molecule has 0 spiro atoms.